The minimum atomic E-state index is -0.182. The first-order valence-corrected chi connectivity index (χ1v) is 8.91. The lowest BCUT2D eigenvalue weighted by Gasteiger charge is -2.15. The van der Waals surface area contributed by atoms with Crippen LogP contribution >= 0.6 is 0 Å². The Kier molecular flexibility index (Phi) is 5.36. The largest absolute Gasteiger partial charge is 0.474 e. The smallest absolute Gasteiger partial charge is 0.257 e. The van der Waals surface area contributed by atoms with Crippen LogP contribution in [-0.2, 0) is 6.54 Å². The molecule has 2 aromatic rings. The zero-order valence-corrected chi connectivity index (χ0v) is 15.0. The average molecular weight is 343 g/mol. The molecule has 25 heavy (non-hydrogen) atoms. The van der Waals surface area contributed by atoms with E-state index in [2.05, 4.69) is 15.5 Å². The molecule has 0 spiro atoms. The lowest BCUT2D eigenvalue weighted by Crippen LogP contribution is -2.25. The van der Waals surface area contributed by atoms with Crippen LogP contribution in [0.2, 0.25) is 0 Å². The van der Waals surface area contributed by atoms with E-state index in [0.29, 0.717) is 29.4 Å². The number of rotatable bonds is 6. The number of aryl methyl sites for hydroxylation is 1. The summed E-state index contributed by atoms with van der Waals surface area (Å²) in [7, 11) is 0. The first kappa shape index (κ1) is 17.5. The normalized spacial score (nSPS) is 14.9. The Morgan fingerprint density at radius 2 is 2.16 bits per heavy atom. The van der Waals surface area contributed by atoms with Crippen LogP contribution in [0.1, 0.15) is 72.8 Å². The molecule has 0 saturated heterocycles. The Hall–Kier alpha value is -2.37. The highest BCUT2D eigenvalue weighted by atomic mass is 16.5. The molecule has 3 rings (SSSR count). The number of carbonyl (C=O) groups is 1. The molecule has 0 unspecified atom stereocenters. The van der Waals surface area contributed by atoms with E-state index >= 15 is 0 Å². The molecule has 1 saturated carbocycles. The molecule has 0 bridgehead atoms. The van der Waals surface area contributed by atoms with E-state index in [0.717, 1.165) is 18.4 Å². The summed E-state index contributed by atoms with van der Waals surface area (Å²) in [5.74, 6) is 1.14. The Labute approximate surface area is 148 Å². The van der Waals surface area contributed by atoms with E-state index in [1.165, 1.54) is 12.8 Å². The highest BCUT2D eigenvalue weighted by Crippen LogP contribution is 2.25. The molecule has 6 heteroatoms. The second-order valence-corrected chi connectivity index (χ2v) is 6.84. The van der Waals surface area contributed by atoms with Crippen LogP contribution in [0.4, 0.5) is 0 Å². The highest BCUT2D eigenvalue weighted by molar-refractivity contribution is 5.96. The van der Waals surface area contributed by atoms with Crippen molar-refractivity contribution < 1.29 is 14.1 Å². The van der Waals surface area contributed by atoms with Gasteiger partial charge in [-0.15, -0.1) is 0 Å². The SMILES string of the molecule is Cc1noc(C(C)C)c1C(=O)NCc1cccnc1OC1CCCC1. The van der Waals surface area contributed by atoms with Crippen LogP contribution in [0.25, 0.3) is 0 Å². The molecule has 2 aromatic heterocycles. The number of amides is 1. The summed E-state index contributed by atoms with van der Waals surface area (Å²) in [6.45, 7) is 6.09. The van der Waals surface area contributed by atoms with Crippen LogP contribution < -0.4 is 10.1 Å². The van der Waals surface area contributed by atoms with Crippen molar-refractivity contribution in [2.75, 3.05) is 0 Å². The minimum Gasteiger partial charge on any atom is -0.474 e. The van der Waals surface area contributed by atoms with Gasteiger partial charge < -0.3 is 14.6 Å². The number of ether oxygens (including phenoxy) is 1. The molecular weight excluding hydrogens is 318 g/mol. The standard InChI is InChI=1S/C19H25N3O3/c1-12(2)17-16(13(3)22-25-17)18(23)21-11-14-7-6-10-20-19(14)24-15-8-4-5-9-15/h6-7,10,12,15H,4-5,8-9,11H2,1-3H3,(H,21,23). The molecule has 0 radical (unpaired) electrons. The van der Waals surface area contributed by atoms with Gasteiger partial charge in [-0.25, -0.2) is 4.98 Å². The van der Waals surface area contributed by atoms with Crippen molar-refractivity contribution in [1.82, 2.24) is 15.5 Å². The topological polar surface area (TPSA) is 77.3 Å². The number of nitrogens with zero attached hydrogens (tertiary/aromatic N) is 2. The zero-order chi connectivity index (χ0) is 17.8. The molecule has 1 fully saturated rings. The van der Waals surface area contributed by atoms with Crippen LogP contribution in [0, 0.1) is 6.92 Å². The Morgan fingerprint density at radius 1 is 1.40 bits per heavy atom. The number of hydrogen-bond acceptors (Lipinski definition) is 5. The number of hydrogen-bond donors (Lipinski definition) is 1. The molecular formula is C19H25N3O3. The van der Waals surface area contributed by atoms with Crippen molar-refractivity contribution in [1.29, 1.82) is 0 Å². The maximum atomic E-state index is 12.6. The van der Waals surface area contributed by atoms with Crippen LogP contribution in [0.5, 0.6) is 5.88 Å². The second-order valence-electron chi connectivity index (χ2n) is 6.84. The monoisotopic (exact) mass is 343 g/mol. The van der Waals surface area contributed by atoms with Crippen molar-refractivity contribution in [3.63, 3.8) is 0 Å². The third-order valence-electron chi connectivity index (χ3n) is 4.51. The second kappa shape index (κ2) is 7.68. The van der Waals surface area contributed by atoms with Gasteiger partial charge in [0.15, 0.2) is 5.76 Å². The summed E-state index contributed by atoms with van der Waals surface area (Å²) >= 11 is 0. The van der Waals surface area contributed by atoms with Gasteiger partial charge in [0, 0.05) is 24.2 Å². The summed E-state index contributed by atoms with van der Waals surface area (Å²) in [6.07, 6.45) is 6.50. The van der Waals surface area contributed by atoms with Crippen molar-refractivity contribution in [3.05, 3.63) is 40.9 Å². The molecule has 0 atom stereocenters. The van der Waals surface area contributed by atoms with E-state index in [-0.39, 0.29) is 17.9 Å². The highest BCUT2D eigenvalue weighted by Gasteiger charge is 2.23. The number of carbonyl (C=O) groups excluding carboxylic acids is 1. The van der Waals surface area contributed by atoms with Gasteiger partial charge in [-0.1, -0.05) is 25.1 Å². The lowest BCUT2D eigenvalue weighted by molar-refractivity contribution is 0.0947. The Morgan fingerprint density at radius 3 is 2.88 bits per heavy atom. The van der Waals surface area contributed by atoms with Gasteiger partial charge in [0.2, 0.25) is 5.88 Å². The fourth-order valence-corrected chi connectivity index (χ4v) is 3.15. The van der Waals surface area contributed by atoms with Gasteiger partial charge in [0.1, 0.15) is 11.7 Å². The molecule has 1 aliphatic rings. The lowest BCUT2D eigenvalue weighted by atomic mass is 10.0. The molecule has 0 aliphatic heterocycles. The van der Waals surface area contributed by atoms with Crippen molar-refractivity contribution in [2.24, 2.45) is 0 Å². The maximum absolute atomic E-state index is 12.6. The van der Waals surface area contributed by atoms with E-state index in [4.69, 9.17) is 9.26 Å². The third-order valence-corrected chi connectivity index (χ3v) is 4.51. The Bertz CT molecular complexity index is 733. The maximum Gasteiger partial charge on any atom is 0.257 e. The fourth-order valence-electron chi connectivity index (χ4n) is 3.15. The first-order chi connectivity index (χ1) is 12.1. The van der Waals surface area contributed by atoms with Gasteiger partial charge in [0.05, 0.1) is 5.69 Å². The summed E-state index contributed by atoms with van der Waals surface area (Å²) in [4.78, 5) is 17.0. The molecule has 0 aromatic carbocycles. The quantitative estimate of drug-likeness (QED) is 0.864. The number of nitrogens with one attached hydrogen (secondary N) is 1. The van der Waals surface area contributed by atoms with Crippen molar-refractivity contribution in [3.8, 4) is 5.88 Å². The van der Waals surface area contributed by atoms with Crippen molar-refractivity contribution >= 4 is 5.91 Å². The molecule has 2 heterocycles. The number of aromatic nitrogens is 2. The van der Waals surface area contributed by atoms with Crippen LogP contribution in [0.3, 0.4) is 0 Å². The van der Waals surface area contributed by atoms with Gasteiger partial charge in [-0.2, -0.15) is 0 Å². The van der Waals surface area contributed by atoms with E-state index < -0.39 is 0 Å². The Balaban J connectivity index is 1.69. The molecule has 6 nitrogen and oxygen atoms in total. The first-order valence-electron chi connectivity index (χ1n) is 8.91. The summed E-state index contributed by atoms with van der Waals surface area (Å²) in [5.41, 5.74) is 2.01. The van der Waals surface area contributed by atoms with E-state index in [9.17, 15) is 4.79 Å². The molecule has 134 valence electrons. The minimum absolute atomic E-state index is 0.0987. The fraction of sp³-hybridized carbons (Fsp3) is 0.526. The van der Waals surface area contributed by atoms with E-state index in [1.54, 1.807) is 13.1 Å². The summed E-state index contributed by atoms with van der Waals surface area (Å²) in [5, 5.41) is 6.87. The van der Waals surface area contributed by atoms with Gasteiger partial charge in [-0.3, -0.25) is 4.79 Å². The summed E-state index contributed by atoms with van der Waals surface area (Å²) < 4.78 is 11.3. The van der Waals surface area contributed by atoms with Gasteiger partial charge >= 0.3 is 0 Å². The van der Waals surface area contributed by atoms with Gasteiger partial charge in [0.25, 0.3) is 5.91 Å². The summed E-state index contributed by atoms with van der Waals surface area (Å²) in [6, 6.07) is 3.79. The van der Waals surface area contributed by atoms with Crippen LogP contribution in [0.15, 0.2) is 22.9 Å². The molecule has 1 aliphatic carbocycles. The van der Waals surface area contributed by atoms with Crippen molar-refractivity contribution in [2.45, 2.75) is 65.0 Å². The predicted molar refractivity (Wildman–Crippen MR) is 93.6 cm³/mol. The van der Waals surface area contributed by atoms with Gasteiger partial charge in [-0.05, 0) is 38.7 Å². The third kappa shape index (κ3) is 4.00. The van der Waals surface area contributed by atoms with E-state index in [1.807, 2.05) is 26.0 Å². The molecule has 1 N–H and O–H groups in total. The average Bonchev–Trinajstić information content (AvgIpc) is 3.23. The predicted octanol–water partition coefficient (Wildman–Crippen LogP) is 3.75. The number of pyridine rings is 1. The van der Waals surface area contributed by atoms with Crippen LogP contribution in [-0.4, -0.2) is 22.2 Å². The molecule has 1 amide bonds. The zero-order valence-electron chi connectivity index (χ0n) is 15.0.